The Bertz CT molecular complexity index is 358. The minimum atomic E-state index is -0.332. The van der Waals surface area contributed by atoms with E-state index in [1.807, 2.05) is 0 Å². The van der Waals surface area contributed by atoms with E-state index in [0.717, 1.165) is 0 Å². The van der Waals surface area contributed by atoms with Crippen molar-refractivity contribution in [3.8, 4) is 0 Å². The molecule has 0 atom stereocenters. The summed E-state index contributed by atoms with van der Waals surface area (Å²) >= 11 is 0. The van der Waals surface area contributed by atoms with E-state index in [-0.39, 0.29) is 18.1 Å². The number of carbonyl (C=O) groups is 1. The summed E-state index contributed by atoms with van der Waals surface area (Å²) in [5.41, 5.74) is 5.90. The number of carbonyl (C=O) groups excluding carboxylic acids is 1. The first-order chi connectivity index (χ1) is 8.22. The molecule has 1 rings (SSSR count). The number of nitrogens with two attached hydrogens (primary N) is 1. The summed E-state index contributed by atoms with van der Waals surface area (Å²) in [5, 5.41) is 2.68. The Labute approximate surface area is 100.0 Å². The Kier molecular flexibility index (Phi) is 6.21. The number of hydrogen-bond acceptors (Lipinski definition) is 3. The van der Waals surface area contributed by atoms with E-state index >= 15 is 0 Å². The number of hydrogen-bond donors (Lipinski definition) is 2. The molecule has 0 bridgehead atoms. The fraction of sp³-hybridized carbons (Fsp3) is 0.417. The SMILES string of the molecule is NCCOCCNC(=O)Cc1cccc(F)c1. The van der Waals surface area contributed by atoms with Crippen LogP contribution in [0.5, 0.6) is 0 Å². The molecule has 0 heterocycles. The smallest absolute Gasteiger partial charge is 0.224 e. The molecule has 0 aliphatic rings. The topological polar surface area (TPSA) is 64.3 Å². The molecule has 0 aromatic heterocycles. The second-order valence-electron chi connectivity index (χ2n) is 3.56. The normalized spacial score (nSPS) is 10.2. The molecule has 0 saturated carbocycles. The number of ether oxygens (including phenoxy) is 1. The van der Waals surface area contributed by atoms with Gasteiger partial charge in [0.2, 0.25) is 5.91 Å². The first kappa shape index (κ1) is 13.6. The maximum Gasteiger partial charge on any atom is 0.224 e. The van der Waals surface area contributed by atoms with Crippen LogP contribution in [-0.2, 0) is 16.0 Å². The number of amides is 1. The molecule has 0 saturated heterocycles. The van der Waals surface area contributed by atoms with Crippen molar-refractivity contribution in [2.45, 2.75) is 6.42 Å². The molecule has 1 aromatic rings. The quantitative estimate of drug-likeness (QED) is 0.680. The molecule has 0 spiro atoms. The van der Waals surface area contributed by atoms with Crippen LogP contribution in [-0.4, -0.2) is 32.2 Å². The zero-order chi connectivity index (χ0) is 12.5. The highest BCUT2D eigenvalue weighted by Gasteiger charge is 2.03. The van der Waals surface area contributed by atoms with Crippen LogP contribution >= 0.6 is 0 Å². The molecule has 17 heavy (non-hydrogen) atoms. The van der Waals surface area contributed by atoms with Crippen LogP contribution in [0, 0.1) is 5.82 Å². The van der Waals surface area contributed by atoms with Crippen molar-refractivity contribution in [3.63, 3.8) is 0 Å². The molecule has 0 radical (unpaired) electrons. The molecular formula is C12H17FN2O2. The first-order valence-corrected chi connectivity index (χ1v) is 5.51. The highest BCUT2D eigenvalue weighted by atomic mass is 19.1. The summed E-state index contributed by atoms with van der Waals surface area (Å²) in [6.45, 7) is 1.83. The molecule has 0 aliphatic heterocycles. The summed E-state index contributed by atoms with van der Waals surface area (Å²) in [5.74, 6) is -0.478. The molecule has 4 nitrogen and oxygen atoms in total. The van der Waals surface area contributed by atoms with Gasteiger partial charge in [0.1, 0.15) is 5.82 Å². The standard InChI is InChI=1S/C12H17FN2O2/c13-11-3-1-2-10(8-11)9-12(16)15-5-7-17-6-4-14/h1-3,8H,4-7,9,14H2,(H,15,16). The van der Waals surface area contributed by atoms with Crippen LogP contribution in [0.4, 0.5) is 4.39 Å². The van der Waals surface area contributed by atoms with Crippen molar-refractivity contribution < 1.29 is 13.9 Å². The van der Waals surface area contributed by atoms with Gasteiger partial charge in [0.25, 0.3) is 0 Å². The van der Waals surface area contributed by atoms with Crippen LogP contribution in [0.1, 0.15) is 5.56 Å². The third kappa shape index (κ3) is 5.99. The summed E-state index contributed by atoms with van der Waals surface area (Å²) in [6.07, 6.45) is 0.175. The largest absolute Gasteiger partial charge is 0.378 e. The van der Waals surface area contributed by atoms with Crippen molar-refractivity contribution in [2.75, 3.05) is 26.3 Å². The zero-order valence-corrected chi connectivity index (χ0v) is 9.62. The highest BCUT2D eigenvalue weighted by Crippen LogP contribution is 2.03. The van der Waals surface area contributed by atoms with E-state index in [4.69, 9.17) is 10.5 Å². The van der Waals surface area contributed by atoms with E-state index in [1.165, 1.54) is 12.1 Å². The van der Waals surface area contributed by atoms with Crippen molar-refractivity contribution in [1.29, 1.82) is 0 Å². The van der Waals surface area contributed by atoms with Crippen LogP contribution in [0.2, 0.25) is 0 Å². The molecular weight excluding hydrogens is 223 g/mol. The molecule has 1 aromatic carbocycles. The monoisotopic (exact) mass is 240 g/mol. The van der Waals surface area contributed by atoms with E-state index in [9.17, 15) is 9.18 Å². The molecule has 1 amide bonds. The van der Waals surface area contributed by atoms with Crippen molar-refractivity contribution >= 4 is 5.91 Å². The van der Waals surface area contributed by atoms with Gasteiger partial charge in [-0.15, -0.1) is 0 Å². The lowest BCUT2D eigenvalue weighted by Crippen LogP contribution is -2.29. The van der Waals surface area contributed by atoms with Gasteiger partial charge in [0.15, 0.2) is 0 Å². The molecule has 3 N–H and O–H groups in total. The van der Waals surface area contributed by atoms with Crippen molar-refractivity contribution in [3.05, 3.63) is 35.6 Å². The summed E-state index contributed by atoms with van der Waals surface area (Å²) in [7, 11) is 0. The lowest BCUT2D eigenvalue weighted by Gasteiger charge is -2.05. The van der Waals surface area contributed by atoms with E-state index in [0.29, 0.717) is 31.9 Å². The van der Waals surface area contributed by atoms with Gasteiger partial charge in [0, 0.05) is 13.1 Å². The van der Waals surface area contributed by atoms with E-state index in [1.54, 1.807) is 12.1 Å². The fourth-order valence-electron chi connectivity index (χ4n) is 1.34. The molecule has 0 fully saturated rings. The number of nitrogens with one attached hydrogen (secondary N) is 1. The maximum absolute atomic E-state index is 12.8. The molecule has 94 valence electrons. The zero-order valence-electron chi connectivity index (χ0n) is 9.62. The van der Waals surface area contributed by atoms with Gasteiger partial charge < -0.3 is 15.8 Å². The lowest BCUT2D eigenvalue weighted by atomic mass is 10.1. The third-order valence-electron chi connectivity index (χ3n) is 2.08. The van der Waals surface area contributed by atoms with Crippen molar-refractivity contribution in [1.82, 2.24) is 5.32 Å². The molecule has 0 aliphatic carbocycles. The minimum Gasteiger partial charge on any atom is -0.378 e. The average Bonchev–Trinajstić information content (AvgIpc) is 2.29. The second kappa shape index (κ2) is 7.76. The number of rotatable bonds is 7. The van der Waals surface area contributed by atoms with Gasteiger partial charge in [-0.3, -0.25) is 4.79 Å². The third-order valence-corrected chi connectivity index (χ3v) is 2.08. The van der Waals surface area contributed by atoms with Gasteiger partial charge in [-0.2, -0.15) is 0 Å². The Morgan fingerprint density at radius 3 is 2.94 bits per heavy atom. The summed E-state index contributed by atoms with van der Waals surface area (Å²) in [4.78, 5) is 11.4. The first-order valence-electron chi connectivity index (χ1n) is 5.51. The Morgan fingerprint density at radius 1 is 1.41 bits per heavy atom. The van der Waals surface area contributed by atoms with Gasteiger partial charge >= 0.3 is 0 Å². The van der Waals surface area contributed by atoms with Gasteiger partial charge in [-0.25, -0.2) is 4.39 Å². The van der Waals surface area contributed by atoms with Crippen LogP contribution in [0.25, 0.3) is 0 Å². The second-order valence-corrected chi connectivity index (χ2v) is 3.56. The fourth-order valence-corrected chi connectivity index (χ4v) is 1.34. The van der Waals surface area contributed by atoms with Gasteiger partial charge in [0.05, 0.1) is 19.6 Å². The molecule has 5 heteroatoms. The predicted molar refractivity (Wildman–Crippen MR) is 63.0 cm³/mol. The van der Waals surface area contributed by atoms with Gasteiger partial charge in [-0.05, 0) is 17.7 Å². The van der Waals surface area contributed by atoms with Gasteiger partial charge in [-0.1, -0.05) is 12.1 Å². The van der Waals surface area contributed by atoms with Crippen LogP contribution < -0.4 is 11.1 Å². The summed E-state index contributed by atoms with van der Waals surface area (Å²) < 4.78 is 17.9. The van der Waals surface area contributed by atoms with Crippen molar-refractivity contribution in [2.24, 2.45) is 5.73 Å². The average molecular weight is 240 g/mol. The van der Waals surface area contributed by atoms with E-state index < -0.39 is 0 Å². The van der Waals surface area contributed by atoms with E-state index in [2.05, 4.69) is 5.32 Å². The highest BCUT2D eigenvalue weighted by molar-refractivity contribution is 5.78. The number of benzene rings is 1. The number of halogens is 1. The molecule has 0 unspecified atom stereocenters. The summed E-state index contributed by atoms with van der Waals surface area (Å²) in [6, 6.07) is 6.00. The van der Waals surface area contributed by atoms with Crippen LogP contribution in [0.15, 0.2) is 24.3 Å². The Hall–Kier alpha value is -1.46. The lowest BCUT2D eigenvalue weighted by molar-refractivity contribution is -0.120. The Balaban J connectivity index is 2.21. The minimum absolute atomic E-state index is 0.146. The maximum atomic E-state index is 12.8. The Morgan fingerprint density at radius 2 is 2.24 bits per heavy atom. The van der Waals surface area contributed by atoms with Crippen LogP contribution in [0.3, 0.4) is 0 Å². The predicted octanol–water partition coefficient (Wildman–Crippen LogP) is 0.460.